The molecular weight excluding hydrogens is 505 g/mol. The quantitative estimate of drug-likeness (QED) is 0.525. The summed E-state index contributed by atoms with van der Waals surface area (Å²) in [5, 5.41) is 20.7. The van der Waals surface area contributed by atoms with Crippen molar-refractivity contribution < 1.29 is 5.11 Å². The van der Waals surface area contributed by atoms with Crippen LogP contribution >= 0.6 is 39.1 Å². The first kappa shape index (κ1) is 21.9. The maximum atomic E-state index is 12.8. The van der Waals surface area contributed by atoms with Crippen molar-refractivity contribution in [2.24, 2.45) is 7.05 Å². The SMILES string of the molecule is Cn1c(=O)c(C#N)c(N2CCN(Cc3cc(Cl)cc(Cl)c3O)CC2)c2nc(Br)ccc21. The maximum Gasteiger partial charge on any atom is 0.270 e. The molecule has 0 radical (unpaired) electrons. The molecule has 0 spiro atoms. The van der Waals surface area contributed by atoms with E-state index >= 15 is 0 Å². The van der Waals surface area contributed by atoms with E-state index in [0.717, 1.165) is 0 Å². The van der Waals surface area contributed by atoms with E-state index in [9.17, 15) is 15.2 Å². The fourth-order valence-electron chi connectivity index (χ4n) is 3.89. The lowest BCUT2D eigenvalue weighted by molar-refractivity contribution is 0.247. The zero-order valence-electron chi connectivity index (χ0n) is 16.6. The molecule has 7 nitrogen and oxygen atoms in total. The Morgan fingerprint density at radius 2 is 1.94 bits per heavy atom. The molecule has 31 heavy (non-hydrogen) atoms. The van der Waals surface area contributed by atoms with E-state index in [1.165, 1.54) is 10.6 Å². The van der Waals surface area contributed by atoms with Crippen LogP contribution in [0.25, 0.3) is 11.0 Å². The van der Waals surface area contributed by atoms with Crippen molar-refractivity contribution in [1.82, 2.24) is 14.5 Å². The number of hydrogen-bond acceptors (Lipinski definition) is 6. The number of rotatable bonds is 3. The van der Waals surface area contributed by atoms with Gasteiger partial charge in [-0.3, -0.25) is 9.69 Å². The van der Waals surface area contributed by atoms with Gasteiger partial charge < -0.3 is 14.6 Å². The van der Waals surface area contributed by atoms with E-state index in [4.69, 9.17) is 23.2 Å². The molecule has 0 atom stereocenters. The molecule has 3 aromatic rings. The first-order valence-electron chi connectivity index (χ1n) is 9.53. The van der Waals surface area contributed by atoms with Crippen LogP contribution in [0.15, 0.2) is 33.7 Å². The molecule has 1 aliphatic rings. The van der Waals surface area contributed by atoms with E-state index in [1.54, 1.807) is 19.2 Å². The fourth-order valence-corrected chi connectivity index (χ4v) is 4.73. The number of benzene rings is 1. The van der Waals surface area contributed by atoms with Crippen molar-refractivity contribution in [3.8, 4) is 11.8 Å². The fraction of sp³-hybridized carbons (Fsp3) is 0.286. The van der Waals surface area contributed by atoms with Gasteiger partial charge in [-0.1, -0.05) is 23.2 Å². The third-order valence-corrected chi connectivity index (χ3v) is 6.43. The number of phenols is 1. The second-order valence-corrected chi connectivity index (χ2v) is 9.02. The summed E-state index contributed by atoms with van der Waals surface area (Å²) in [4.78, 5) is 21.5. The molecular formula is C21H18BrCl2N5O2. The van der Waals surface area contributed by atoms with Gasteiger partial charge in [0.05, 0.1) is 16.2 Å². The zero-order valence-corrected chi connectivity index (χ0v) is 19.7. The van der Waals surface area contributed by atoms with Crippen LogP contribution in [0.5, 0.6) is 5.75 Å². The topological polar surface area (TPSA) is 85.4 Å². The molecule has 1 aromatic carbocycles. The van der Waals surface area contributed by atoms with Crippen LogP contribution in [0.3, 0.4) is 0 Å². The van der Waals surface area contributed by atoms with Crippen LogP contribution in [-0.2, 0) is 13.6 Å². The van der Waals surface area contributed by atoms with E-state index in [0.29, 0.717) is 64.6 Å². The number of pyridine rings is 2. The number of halogens is 3. The number of hydrogen-bond donors (Lipinski definition) is 1. The Labute approximate surface area is 197 Å². The number of aromatic hydroxyl groups is 1. The van der Waals surface area contributed by atoms with Gasteiger partial charge in [0, 0.05) is 50.4 Å². The standard InChI is InChI=1S/C21H18BrCl2N5O2/c1-27-16-2-3-17(22)26-18(16)19(14(10-25)21(27)31)29-6-4-28(5-7-29)11-12-8-13(23)9-15(24)20(12)30/h2-3,8-9,30H,4-7,11H2,1H3. The molecule has 1 N–H and O–H groups in total. The second kappa shape index (κ2) is 8.67. The van der Waals surface area contributed by atoms with Gasteiger partial charge in [-0.05, 0) is 40.2 Å². The Morgan fingerprint density at radius 1 is 1.23 bits per heavy atom. The van der Waals surface area contributed by atoms with Crippen LogP contribution in [0.2, 0.25) is 10.0 Å². The third-order valence-electron chi connectivity index (χ3n) is 5.48. The predicted molar refractivity (Wildman–Crippen MR) is 125 cm³/mol. The number of fused-ring (bicyclic) bond motifs is 1. The van der Waals surface area contributed by atoms with E-state index in [-0.39, 0.29) is 21.9 Å². The molecule has 1 saturated heterocycles. The molecule has 0 aliphatic carbocycles. The Balaban J connectivity index is 1.64. The first-order chi connectivity index (χ1) is 14.8. The van der Waals surface area contributed by atoms with Crippen molar-refractivity contribution in [3.63, 3.8) is 0 Å². The van der Waals surface area contributed by atoms with Crippen molar-refractivity contribution in [3.05, 3.63) is 60.4 Å². The maximum absolute atomic E-state index is 12.8. The molecule has 0 amide bonds. The lowest BCUT2D eigenvalue weighted by Crippen LogP contribution is -2.47. The Hall–Kier alpha value is -2.31. The average Bonchev–Trinajstić information content (AvgIpc) is 2.74. The largest absolute Gasteiger partial charge is 0.506 e. The number of phenolic OH excluding ortho intramolecular Hbond substituents is 1. The van der Waals surface area contributed by atoms with Crippen molar-refractivity contribution >= 4 is 55.9 Å². The number of piperazine rings is 1. The molecule has 3 heterocycles. The molecule has 1 fully saturated rings. The van der Waals surface area contributed by atoms with Crippen LogP contribution < -0.4 is 10.5 Å². The Morgan fingerprint density at radius 3 is 2.61 bits per heavy atom. The summed E-state index contributed by atoms with van der Waals surface area (Å²) in [5.74, 6) is 0.0341. The van der Waals surface area contributed by atoms with Gasteiger partial charge in [-0.2, -0.15) is 5.26 Å². The van der Waals surface area contributed by atoms with Gasteiger partial charge in [-0.15, -0.1) is 0 Å². The van der Waals surface area contributed by atoms with Crippen LogP contribution in [0, 0.1) is 11.3 Å². The lowest BCUT2D eigenvalue weighted by atomic mass is 10.1. The summed E-state index contributed by atoms with van der Waals surface area (Å²) < 4.78 is 2.09. The summed E-state index contributed by atoms with van der Waals surface area (Å²) in [5.41, 5.74) is 2.26. The lowest BCUT2D eigenvalue weighted by Gasteiger charge is -2.36. The van der Waals surface area contributed by atoms with Crippen LogP contribution in [-0.4, -0.2) is 45.7 Å². The summed E-state index contributed by atoms with van der Waals surface area (Å²) in [6, 6.07) is 8.89. The minimum atomic E-state index is -0.338. The molecule has 1 aliphatic heterocycles. The number of aromatic nitrogens is 2. The average molecular weight is 523 g/mol. The molecule has 4 rings (SSSR count). The van der Waals surface area contributed by atoms with E-state index in [2.05, 4.69) is 31.9 Å². The van der Waals surface area contributed by atoms with Crippen molar-refractivity contribution in [2.45, 2.75) is 6.54 Å². The number of aryl methyl sites for hydroxylation is 1. The number of anilines is 1. The third kappa shape index (κ3) is 4.11. The van der Waals surface area contributed by atoms with E-state index in [1.807, 2.05) is 11.0 Å². The first-order valence-corrected chi connectivity index (χ1v) is 11.1. The van der Waals surface area contributed by atoms with Gasteiger partial charge >= 0.3 is 0 Å². The predicted octanol–water partition coefficient (Wildman–Crippen LogP) is 3.90. The minimum Gasteiger partial charge on any atom is -0.506 e. The monoisotopic (exact) mass is 521 g/mol. The van der Waals surface area contributed by atoms with Gasteiger partial charge in [0.2, 0.25) is 0 Å². The van der Waals surface area contributed by atoms with Gasteiger partial charge in [0.15, 0.2) is 0 Å². The second-order valence-electron chi connectivity index (χ2n) is 7.36. The summed E-state index contributed by atoms with van der Waals surface area (Å²) in [6.07, 6.45) is 0. The summed E-state index contributed by atoms with van der Waals surface area (Å²) in [6.45, 7) is 3.02. The normalized spacial score (nSPS) is 14.7. The van der Waals surface area contributed by atoms with Crippen molar-refractivity contribution in [2.75, 3.05) is 31.1 Å². The molecule has 160 valence electrons. The smallest absolute Gasteiger partial charge is 0.270 e. The molecule has 2 aromatic heterocycles. The summed E-state index contributed by atoms with van der Waals surface area (Å²) in [7, 11) is 1.64. The van der Waals surface area contributed by atoms with Gasteiger partial charge in [0.1, 0.15) is 27.5 Å². The van der Waals surface area contributed by atoms with Gasteiger partial charge in [-0.25, -0.2) is 4.98 Å². The molecule has 0 unspecified atom stereocenters. The zero-order chi connectivity index (χ0) is 22.3. The van der Waals surface area contributed by atoms with E-state index < -0.39 is 0 Å². The Bertz CT molecular complexity index is 1280. The number of nitriles is 1. The highest BCUT2D eigenvalue weighted by molar-refractivity contribution is 9.10. The van der Waals surface area contributed by atoms with Crippen molar-refractivity contribution in [1.29, 1.82) is 5.26 Å². The number of nitrogens with zero attached hydrogens (tertiary/aromatic N) is 5. The van der Waals surface area contributed by atoms with Gasteiger partial charge in [0.25, 0.3) is 5.56 Å². The molecule has 10 heteroatoms. The Kier molecular flexibility index (Phi) is 6.13. The highest BCUT2D eigenvalue weighted by Crippen LogP contribution is 2.33. The molecule has 0 bridgehead atoms. The highest BCUT2D eigenvalue weighted by Gasteiger charge is 2.26. The summed E-state index contributed by atoms with van der Waals surface area (Å²) >= 11 is 15.5. The highest BCUT2D eigenvalue weighted by atomic mass is 79.9. The minimum absolute atomic E-state index is 0.0341. The molecule has 0 saturated carbocycles. The van der Waals surface area contributed by atoms with Crippen LogP contribution in [0.1, 0.15) is 11.1 Å². The van der Waals surface area contributed by atoms with Crippen LogP contribution in [0.4, 0.5) is 5.69 Å².